The Balaban J connectivity index is 1.71. The minimum absolute atomic E-state index is 0.276. The van der Waals surface area contributed by atoms with Crippen LogP contribution < -0.4 is 0 Å². The molecule has 0 bridgehead atoms. The van der Waals surface area contributed by atoms with Gasteiger partial charge in [-0.3, -0.25) is 4.68 Å². The van der Waals surface area contributed by atoms with Crippen LogP contribution in [-0.2, 0) is 43.5 Å². The molecule has 4 rings (SSSR count). The molecule has 3 heterocycles. The first-order valence-electron chi connectivity index (χ1n) is 9.44. The van der Waals surface area contributed by atoms with Crippen molar-refractivity contribution in [1.29, 1.82) is 0 Å². The highest BCUT2D eigenvalue weighted by molar-refractivity contribution is 7.98. The Bertz CT molecular complexity index is 1150. The molecule has 2 aromatic heterocycles. The minimum atomic E-state index is -3.58. The highest BCUT2D eigenvalue weighted by atomic mass is 32.2. The van der Waals surface area contributed by atoms with Crippen LogP contribution in [0.15, 0.2) is 34.3 Å². The third kappa shape index (κ3) is 3.38. The summed E-state index contributed by atoms with van der Waals surface area (Å²) in [5.74, 6) is 0.651. The monoisotopic (exact) mass is 432 g/mol. The van der Waals surface area contributed by atoms with Crippen molar-refractivity contribution < 1.29 is 8.42 Å². The normalized spacial score (nSPS) is 14.9. The number of rotatable bonds is 5. The van der Waals surface area contributed by atoms with Gasteiger partial charge in [-0.15, -0.1) is 10.2 Å². The average Bonchev–Trinajstić information content (AvgIpc) is 3.27. The van der Waals surface area contributed by atoms with E-state index in [4.69, 9.17) is 0 Å². The van der Waals surface area contributed by atoms with Crippen molar-refractivity contribution >= 4 is 21.8 Å². The summed E-state index contributed by atoms with van der Waals surface area (Å²) in [6.07, 6.45) is 3.43. The van der Waals surface area contributed by atoms with E-state index in [2.05, 4.69) is 22.2 Å². The van der Waals surface area contributed by atoms with Crippen LogP contribution in [0.1, 0.15) is 23.7 Å². The smallest absolute Gasteiger partial charge is 0.243 e. The summed E-state index contributed by atoms with van der Waals surface area (Å²) >= 11 is 1.51. The molecule has 0 radical (unpaired) electrons. The fourth-order valence-corrected chi connectivity index (χ4v) is 5.59. The van der Waals surface area contributed by atoms with Gasteiger partial charge in [-0.2, -0.15) is 9.40 Å². The first kappa shape index (κ1) is 20.1. The van der Waals surface area contributed by atoms with Crippen LogP contribution in [0.3, 0.4) is 0 Å². The van der Waals surface area contributed by atoms with Crippen molar-refractivity contribution in [3.05, 3.63) is 41.1 Å². The number of nitrogens with zero attached hydrogens (tertiary/aromatic N) is 6. The van der Waals surface area contributed by atoms with Crippen molar-refractivity contribution in [1.82, 2.24) is 28.9 Å². The molecule has 0 aliphatic carbocycles. The van der Waals surface area contributed by atoms with E-state index in [-0.39, 0.29) is 6.54 Å². The molecule has 0 unspecified atom stereocenters. The Kier molecular flexibility index (Phi) is 5.26. The lowest BCUT2D eigenvalue weighted by molar-refractivity contribution is 0.386. The third-order valence-electron chi connectivity index (χ3n) is 5.41. The van der Waals surface area contributed by atoms with E-state index in [1.165, 1.54) is 16.1 Å². The predicted octanol–water partition coefficient (Wildman–Crippen LogP) is 2.25. The topological polar surface area (TPSA) is 85.9 Å². The van der Waals surface area contributed by atoms with Crippen molar-refractivity contribution in [2.24, 2.45) is 14.1 Å². The average molecular weight is 433 g/mol. The van der Waals surface area contributed by atoms with E-state index in [9.17, 15) is 8.42 Å². The minimum Gasteiger partial charge on any atom is -0.304 e. The lowest BCUT2D eigenvalue weighted by atomic mass is 10.1. The van der Waals surface area contributed by atoms with Crippen LogP contribution in [0.25, 0.3) is 11.5 Å². The van der Waals surface area contributed by atoms with E-state index in [0.717, 1.165) is 28.4 Å². The quantitative estimate of drug-likeness (QED) is 0.575. The van der Waals surface area contributed by atoms with Gasteiger partial charge in [-0.05, 0) is 30.4 Å². The van der Waals surface area contributed by atoms with Gasteiger partial charge in [0, 0.05) is 44.9 Å². The van der Waals surface area contributed by atoms with Gasteiger partial charge in [-0.25, -0.2) is 8.42 Å². The van der Waals surface area contributed by atoms with Crippen LogP contribution >= 0.6 is 11.8 Å². The number of fused-ring (bicyclic) bond motifs is 1. The molecule has 0 atom stereocenters. The van der Waals surface area contributed by atoms with Gasteiger partial charge in [0.1, 0.15) is 5.69 Å². The summed E-state index contributed by atoms with van der Waals surface area (Å²) in [6, 6.07) is 7.14. The summed E-state index contributed by atoms with van der Waals surface area (Å²) < 4.78 is 31.7. The van der Waals surface area contributed by atoms with Gasteiger partial charge in [0.25, 0.3) is 0 Å². The Morgan fingerprint density at radius 3 is 2.48 bits per heavy atom. The first-order valence-corrected chi connectivity index (χ1v) is 12.1. The summed E-state index contributed by atoms with van der Waals surface area (Å²) in [4.78, 5) is 0.326. The Morgan fingerprint density at radius 1 is 1.14 bits per heavy atom. The number of sulfonamides is 1. The SMILES string of the molecule is CCc1ccc(S(=O)(=O)N2CCc3c(c(-c4nnc(SC)n4C)nn3C)C2)cc1. The van der Waals surface area contributed by atoms with Crippen molar-refractivity contribution in [2.75, 3.05) is 12.8 Å². The largest absolute Gasteiger partial charge is 0.304 e. The Labute approximate surface area is 175 Å². The highest BCUT2D eigenvalue weighted by Gasteiger charge is 2.33. The molecule has 0 N–H and O–H groups in total. The molecular weight excluding hydrogens is 408 g/mol. The summed E-state index contributed by atoms with van der Waals surface area (Å²) in [7, 11) is 0.209. The van der Waals surface area contributed by atoms with Crippen LogP contribution in [-0.4, -0.2) is 50.1 Å². The second-order valence-electron chi connectivity index (χ2n) is 7.05. The van der Waals surface area contributed by atoms with E-state index in [0.29, 0.717) is 29.4 Å². The molecule has 1 aliphatic heterocycles. The van der Waals surface area contributed by atoms with Gasteiger partial charge in [0.15, 0.2) is 11.0 Å². The summed E-state index contributed by atoms with van der Waals surface area (Å²) in [5.41, 5.74) is 3.75. The van der Waals surface area contributed by atoms with E-state index in [1.54, 1.807) is 12.1 Å². The summed E-state index contributed by atoms with van der Waals surface area (Å²) in [5, 5.41) is 13.9. The molecule has 0 saturated carbocycles. The maximum absolute atomic E-state index is 13.2. The molecular formula is C19H24N6O2S2. The van der Waals surface area contributed by atoms with Gasteiger partial charge in [0.2, 0.25) is 10.0 Å². The molecule has 1 aromatic carbocycles. The lowest BCUT2D eigenvalue weighted by Gasteiger charge is -2.27. The molecule has 0 fully saturated rings. The third-order valence-corrected chi connectivity index (χ3v) is 7.99. The van der Waals surface area contributed by atoms with Crippen molar-refractivity contribution in [2.45, 2.75) is 36.4 Å². The molecule has 154 valence electrons. The van der Waals surface area contributed by atoms with E-state index < -0.39 is 10.0 Å². The number of hydrogen-bond acceptors (Lipinski definition) is 6. The van der Waals surface area contributed by atoms with Gasteiger partial charge in [-0.1, -0.05) is 30.8 Å². The lowest BCUT2D eigenvalue weighted by Crippen LogP contribution is -2.36. The Morgan fingerprint density at radius 2 is 1.86 bits per heavy atom. The number of aromatic nitrogens is 5. The Hall–Kier alpha value is -2.17. The second-order valence-corrected chi connectivity index (χ2v) is 9.76. The van der Waals surface area contributed by atoms with Crippen LogP contribution in [0.4, 0.5) is 0 Å². The zero-order chi connectivity index (χ0) is 20.8. The number of hydrogen-bond donors (Lipinski definition) is 0. The molecule has 10 heteroatoms. The molecule has 0 saturated heterocycles. The standard InChI is InChI=1S/C19H24N6O2S2/c1-5-13-6-8-14(9-7-13)29(26,27)25-11-10-16-15(12-25)17(22-24(16)3)18-20-21-19(28-4)23(18)2/h6-9H,5,10-12H2,1-4H3. The molecule has 1 aliphatic rings. The number of aryl methyl sites for hydroxylation is 2. The number of thioether (sulfide) groups is 1. The van der Waals surface area contributed by atoms with Crippen LogP contribution in [0, 0.1) is 0 Å². The van der Waals surface area contributed by atoms with Gasteiger partial charge >= 0.3 is 0 Å². The first-order chi connectivity index (χ1) is 13.9. The predicted molar refractivity (Wildman–Crippen MR) is 112 cm³/mol. The van der Waals surface area contributed by atoms with Crippen molar-refractivity contribution in [3.63, 3.8) is 0 Å². The zero-order valence-electron chi connectivity index (χ0n) is 17.0. The van der Waals surface area contributed by atoms with Gasteiger partial charge in [0.05, 0.1) is 4.90 Å². The van der Waals surface area contributed by atoms with E-state index in [1.807, 2.05) is 41.7 Å². The maximum atomic E-state index is 13.2. The summed E-state index contributed by atoms with van der Waals surface area (Å²) in [6.45, 7) is 2.76. The second kappa shape index (κ2) is 7.58. The fourth-order valence-electron chi connectivity index (χ4n) is 3.70. The molecule has 0 amide bonds. The molecule has 29 heavy (non-hydrogen) atoms. The maximum Gasteiger partial charge on any atom is 0.243 e. The van der Waals surface area contributed by atoms with Crippen LogP contribution in [0.5, 0.6) is 0 Å². The van der Waals surface area contributed by atoms with Crippen LogP contribution in [0.2, 0.25) is 0 Å². The van der Waals surface area contributed by atoms with Gasteiger partial charge < -0.3 is 4.57 Å². The molecule has 3 aromatic rings. The fraction of sp³-hybridized carbons (Fsp3) is 0.421. The molecule has 0 spiro atoms. The number of benzene rings is 1. The van der Waals surface area contributed by atoms with E-state index >= 15 is 0 Å². The highest BCUT2D eigenvalue weighted by Crippen LogP contribution is 2.32. The van der Waals surface area contributed by atoms with Crippen molar-refractivity contribution in [3.8, 4) is 11.5 Å². The molecule has 8 nitrogen and oxygen atoms in total. The zero-order valence-corrected chi connectivity index (χ0v) is 18.6.